The van der Waals surface area contributed by atoms with Gasteiger partial charge in [-0.1, -0.05) is 60.7 Å². The van der Waals surface area contributed by atoms with Gasteiger partial charge in [0.2, 0.25) is 10.0 Å². The molecular formula is C18H21NO3S. The molecule has 0 saturated carbocycles. The number of hydrogen-bond acceptors (Lipinski definition) is 3. The van der Waals surface area contributed by atoms with Crippen LogP contribution in [0.25, 0.3) is 0 Å². The molecule has 1 saturated heterocycles. The highest BCUT2D eigenvalue weighted by Crippen LogP contribution is 2.24. The number of rotatable bonds is 5. The van der Waals surface area contributed by atoms with Gasteiger partial charge in [0.05, 0.1) is 18.5 Å². The van der Waals surface area contributed by atoms with E-state index in [2.05, 4.69) is 0 Å². The number of morpholine rings is 1. The van der Waals surface area contributed by atoms with Crippen molar-refractivity contribution in [2.24, 2.45) is 0 Å². The Morgan fingerprint density at radius 3 is 2.35 bits per heavy atom. The maximum absolute atomic E-state index is 12.6. The first kappa shape index (κ1) is 16.2. The lowest BCUT2D eigenvalue weighted by Gasteiger charge is -2.32. The molecule has 1 heterocycles. The molecule has 122 valence electrons. The largest absolute Gasteiger partial charge is 0.371 e. The molecule has 0 aliphatic carbocycles. The molecular weight excluding hydrogens is 310 g/mol. The van der Waals surface area contributed by atoms with Crippen molar-refractivity contribution in [3.8, 4) is 0 Å². The van der Waals surface area contributed by atoms with E-state index in [1.165, 1.54) is 0 Å². The fourth-order valence-electron chi connectivity index (χ4n) is 2.77. The smallest absolute Gasteiger partial charge is 0.214 e. The molecule has 0 unspecified atom stereocenters. The highest BCUT2D eigenvalue weighted by molar-refractivity contribution is 7.89. The predicted molar refractivity (Wildman–Crippen MR) is 90.6 cm³/mol. The summed E-state index contributed by atoms with van der Waals surface area (Å²) in [6.07, 6.45) is 0.354. The Hall–Kier alpha value is -1.69. The van der Waals surface area contributed by atoms with Crippen LogP contribution >= 0.6 is 0 Å². The van der Waals surface area contributed by atoms with Gasteiger partial charge in [-0.25, -0.2) is 8.42 Å². The zero-order valence-corrected chi connectivity index (χ0v) is 13.8. The van der Waals surface area contributed by atoms with Crippen molar-refractivity contribution in [1.29, 1.82) is 0 Å². The second kappa shape index (κ2) is 7.25. The van der Waals surface area contributed by atoms with E-state index < -0.39 is 10.0 Å². The minimum atomic E-state index is -3.27. The average molecular weight is 331 g/mol. The molecule has 3 rings (SSSR count). The summed E-state index contributed by atoms with van der Waals surface area (Å²) in [5, 5.41) is 0. The highest BCUT2D eigenvalue weighted by atomic mass is 32.2. The Morgan fingerprint density at radius 2 is 1.65 bits per heavy atom. The molecule has 23 heavy (non-hydrogen) atoms. The van der Waals surface area contributed by atoms with Crippen molar-refractivity contribution in [1.82, 2.24) is 4.31 Å². The first-order chi connectivity index (χ1) is 11.1. The van der Waals surface area contributed by atoms with Gasteiger partial charge in [-0.15, -0.1) is 0 Å². The van der Waals surface area contributed by atoms with Crippen molar-refractivity contribution in [3.05, 3.63) is 71.8 Å². The monoisotopic (exact) mass is 331 g/mol. The Balaban J connectivity index is 1.65. The molecule has 0 spiro atoms. The van der Waals surface area contributed by atoms with E-state index in [1.54, 1.807) is 4.31 Å². The van der Waals surface area contributed by atoms with E-state index in [4.69, 9.17) is 4.74 Å². The third-order valence-electron chi connectivity index (χ3n) is 4.09. The molecule has 2 aromatic rings. The average Bonchev–Trinajstić information content (AvgIpc) is 2.62. The van der Waals surface area contributed by atoms with E-state index in [0.717, 1.165) is 11.1 Å². The summed E-state index contributed by atoms with van der Waals surface area (Å²) >= 11 is 0. The Kier molecular flexibility index (Phi) is 5.10. The van der Waals surface area contributed by atoms with Crippen molar-refractivity contribution in [2.75, 3.05) is 25.4 Å². The highest BCUT2D eigenvalue weighted by Gasteiger charge is 2.29. The number of sulfonamides is 1. The van der Waals surface area contributed by atoms with Crippen molar-refractivity contribution >= 4 is 10.0 Å². The van der Waals surface area contributed by atoms with Crippen LogP contribution in [0.5, 0.6) is 0 Å². The molecule has 0 bridgehead atoms. The van der Waals surface area contributed by atoms with Crippen LogP contribution in [0.15, 0.2) is 60.7 Å². The van der Waals surface area contributed by atoms with Gasteiger partial charge in [0.15, 0.2) is 0 Å². The standard InChI is InChI=1S/C18H21NO3S/c20-23(21,14-11-16-7-3-1-4-8-16)19-12-13-22-18(15-19)17-9-5-2-6-10-17/h1-10,18H,11-15H2/t18-/m0/s1. The summed E-state index contributed by atoms with van der Waals surface area (Å²) in [6.45, 7) is 1.26. The zero-order valence-electron chi connectivity index (χ0n) is 13.0. The van der Waals surface area contributed by atoms with E-state index >= 15 is 0 Å². The van der Waals surface area contributed by atoms with Gasteiger partial charge in [0.25, 0.3) is 0 Å². The fraction of sp³-hybridized carbons (Fsp3) is 0.333. The normalized spacial score (nSPS) is 19.6. The van der Waals surface area contributed by atoms with Crippen molar-refractivity contribution in [3.63, 3.8) is 0 Å². The van der Waals surface area contributed by atoms with Crippen LogP contribution < -0.4 is 0 Å². The van der Waals surface area contributed by atoms with Crippen LogP contribution in [0.3, 0.4) is 0 Å². The van der Waals surface area contributed by atoms with Gasteiger partial charge in [-0.3, -0.25) is 0 Å². The first-order valence-corrected chi connectivity index (χ1v) is 9.44. The second-order valence-corrected chi connectivity index (χ2v) is 7.77. The zero-order chi connectivity index (χ0) is 16.1. The quantitative estimate of drug-likeness (QED) is 0.846. The SMILES string of the molecule is O=S(=O)(CCc1ccccc1)N1CCO[C@H](c2ccccc2)C1. The minimum Gasteiger partial charge on any atom is -0.371 e. The van der Waals surface area contributed by atoms with Crippen LogP contribution in [0.1, 0.15) is 17.2 Å². The molecule has 0 N–H and O–H groups in total. The van der Waals surface area contributed by atoms with Gasteiger partial charge < -0.3 is 4.74 Å². The van der Waals surface area contributed by atoms with Gasteiger partial charge in [-0.2, -0.15) is 4.31 Å². The lowest BCUT2D eigenvalue weighted by atomic mass is 10.1. The van der Waals surface area contributed by atoms with Crippen LogP contribution in [-0.2, 0) is 21.2 Å². The molecule has 1 aliphatic heterocycles. The first-order valence-electron chi connectivity index (χ1n) is 7.83. The van der Waals surface area contributed by atoms with Crippen molar-refractivity contribution in [2.45, 2.75) is 12.5 Å². The number of nitrogens with zero attached hydrogens (tertiary/aromatic N) is 1. The summed E-state index contributed by atoms with van der Waals surface area (Å²) in [7, 11) is -3.27. The number of ether oxygens (including phenoxy) is 1. The predicted octanol–water partition coefficient (Wildman–Crippen LogP) is 2.63. The molecule has 1 atom stereocenters. The maximum Gasteiger partial charge on any atom is 0.214 e. The number of hydrogen-bond donors (Lipinski definition) is 0. The Morgan fingerprint density at radius 1 is 1.00 bits per heavy atom. The van der Waals surface area contributed by atoms with Crippen LogP contribution in [0.2, 0.25) is 0 Å². The van der Waals surface area contributed by atoms with Gasteiger partial charge in [0, 0.05) is 13.1 Å². The molecule has 1 fully saturated rings. The molecule has 0 radical (unpaired) electrons. The lowest BCUT2D eigenvalue weighted by Crippen LogP contribution is -2.43. The van der Waals surface area contributed by atoms with Gasteiger partial charge in [-0.05, 0) is 17.5 Å². The van der Waals surface area contributed by atoms with E-state index in [-0.39, 0.29) is 11.9 Å². The molecule has 0 amide bonds. The topological polar surface area (TPSA) is 46.6 Å². The second-order valence-electron chi connectivity index (χ2n) is 5.68. The van der Waals surface area contributed by atoms with Crippen LogP contribution in [0.4, 0.5) is 0 Å². The minimum absolute atomic E-state index is 0.137. The fourth-order valence-corrected chi connectivity index (χ4v) is 4.24. The van der Waals surface area contributed by atoms with Crippen LogP contribution in [-0.4, -0.2) is 38.2 Å². The lowest BCUT2D eigenvalue weighted by molar-refractivity contribution is -0.00253. The summed E-state index contributed by atoms with van der Waals surface area (Å²) in [5.41, 5.74) is 2.07. The summed E-state index contributed by atoms with van der Waals surface area (Å²) in [6, 6.07) is 19.5. The van der Waals surface area contributed by atoms with E-state index in [9.17, 15) is 8.42 Å². The summed E-state index contributed by atoms with van der Waals surface area (Å²) in [4.78, 5) is 0. The molecule has 2 aromatic carbocycles. The van der Waals surface area contributed by atoms with Crippen LogP contribution in [0, 0.1) is 0 Å². The van der Waals surface area contributed by atoms with Crippen molar-refractivity contribution < 1.29 is 13.2 Å². The Bertz CT molecular complexity index is 716. The molecule has 1 aliphatic rings. The number of benzene rings is 2. The third-order valence-corrected chi connectivity index (χ3v) is 5.92. The summed E-state index contributed by atoms with van der Waals surface area (Å²) < 4.78 is 32.5. The van der Waals surface area contributed by atoms with E-state index in [0.29, 0.717) is 26.1 Å². The van der Waals surface area contributed by atoms with Gasteiger partial charge >= 0.3 is 0 Å². The maximum atomic E-state index is 12.6. The molecule has 5 heteroatoms. The molecule has 4 nitrogen and oxygen atoms in total. The number of aryl methyl sites for hydroxylation is 1. The van der Waals surface area contributed by atoms with Gasteiger partial charge in [0.1, 0.15) is 0 Å². The summed E-state index contributed by atoms with van der Waals surface area (Å²) in [5.74, 6) is 0.137. The molecule has 0 aromatic heterocycles. The Labute approximate surface area is 137 Å². The van der Waals surface area contributed by atoms with E-state index in [1.807, 2.05) is 60.7 Å². The third kappa shape index (κ3) is 4.19.